The van der Waals surface area contributed by atoms with E-state index in [2.05, 4.69) is 5.32 Å². The lowest BCUT2D eigenvalue weighted by Gasteiger charge is -2.31. The number of rotatable bonds is 7. The quantitative estimate of drug-likeness (QED) is 0.750. The second kappa shape index (κ2) is 8.09. The van der Waals surface area contributed by atoms with Gasteiger partial charge in [-0.1, -0.05) is 26.7 Å². The highest BCUT2D eigenvalue weighted by molar-refractivity contribution is 5.84. The van der Waals surface area contributed by atoms with Gasteiger partial charge in [0.2, 0.25) is 0 Å². The second-order valence-electron chi connectivity index (χ2n) is 5.23. The molecule has 2 N–H and O–H groups in total. The third-order valence-electron chi connectivity index (χ3n) is 3.55. The van der Waals surface area contributed by atoms with Crippen molar-refractivity contribution in [3.8, 4) is 0 Å². The Balaban J connectivity index is 2.62. The van der Waals surface area contributed by atoms with Gasteiger partial charge in [-0.05, 0) is 12.8 Å². The van der Waals surface area contributed by atoms with Crippen LogP contribution >= 0.6 is 0 Å². The molecule has 6 nitrogen and oxygen atoms in total. The van der Waals surface area contributed by atoms with Crippen LogP contribution in [0.2, 0.25) is 0 Å². The Bertz CT molecular complexity index is 320. The Kier molecular flexibility index (Phi) is 6.78. The maximum Gasteiger partial charge on any atom is 0.408 e. The molecule has 0 bridgehead atoms. The normalized spacial score (nSPS) is 16.7. The van der Waals surface area contributed by atoms with Gasteiger partial charge in [0.1, 0.15) is 11.6 Å². The van der Waals surface area contributed by atoms with Crippen molar-refractivity contribution in [3.05, 3.63) is 0 Å². The van der Waals surface area contributed by atoms with Crippen LogP contribution in [0.5, 0.6) is 0 Å². The summed E-state index contributed by atoms with van der Waals surface area (Å²) < 4.78 is 10.5. The molecule has 0 aromatic rings. The van der Waals surface area contributed by atoms with Gasteiger partial charge in [-0.25, -0.2) is 9.59 Å². The van der Waals surface area contributed by atoms with Crippen LogP contribution in [0.4, 0.5) is 4.79 Å². The summed E-state index contributed by atoms with van der Waals surface area (Å²) in [6.07, 6.45) is 2.68. The van der Waals surface area contributed by atoms with Crippen LogP contribution in [0.1, 0.15) is 52.4 Å². The van der Waals surface area contributed by atoms with Crippen molar-refractivity contribution in [2.45, 2.75) is 64.0 Å². The Morgan fingerprint density at radius 3 is 2.25 bits per heavy atom. The Morgan fingerprint density at radius 2 is 1.80 bits per heavy atom. The molecule has 20 heavy (non-hydrogen) atoms. The molecule has 0 atom stereocenters. The number of carbonyl (C=O) groups excluding carboxylic acids is 1. The van der Waals surface area contributed by atoms with Crippen molar-refractivity contribution in [3.63, 3.8) is 0 Å². The summed E-state index contributed by atoms with van der Waals surface area (Å²) in [4.78, 5) is 23.5. The molecule has 1 fully saturated rings. The molecule has 6 heteroatoms. The molecule has 0 saturated carbocycles. The molecule has 1 saturated heterocycles. The minimum absolute atomic E-state index is 0.182. The molecular weight excluding hydrogens is 262 g/mol. The van der Waals surface area contributed by atoms with Crippen molar-refractivity contribution in [1.29, 1.82) is 0 Å². The van der Waals surface area contributed by atoms with Gasteiger partial charge < -0.3 is 19.9 Å². The zero-order valence-electron chi connectivity index (χ0n) is 12.3. The number of carboxylic acids is 1. The molecule has 1 aliphatic heterocycles. The first-order valence-electron chi connectivity index (χ1n) is 7.34. The molecule has 1 heterocycles. The third kappa shape index (κ3) is 4.67. The zero-order valence-corrected chi connectivity index (χ0v) is 12.3. The van der Waals surface area contributed by atoms with Crippen LogP contribution in [0.3, 0.4) is 0 Å². The number of alkyl carbamates (subject to hydrolysis) is 1. The predicted octanol–water partition coefficient (Wildman–Crippen LogP) is 2.32. The summed E-state index contributed by atoms with van der Waals surface area (Å²) in [5.74, 6) is -0.995. The van der Waals surface area contributed by atoms with Gasteiger partial charge in [0, 0.05) is 12.8 Å². The molecule has 0 aromatic carbocycles. The van der Waals surface area contributed by atoms with E-state index in [1.807, 2.05) is 13.8 Å². The molecule has 1 rings (SSSR count). The summed E-state index contributed by atoms with van der Waals surface area (Å²) in [5, 5.41) is 12.0. The fourth-order valence-electron chi connectivity index (χ4n) is 2.54. The van der Waals surface area contributed by atoms with Gasteiger partial charge >= 0.3 is 12.1 Å². The van der Waals surface area contributed by atoms with Crippen molar-refractivity contribution >= 4 is 12.1 Å². The molecule has 0 unspecified atom stereocenters. The van der Waals surface area contributed by atoms with Crippen LogP contribution in [-0.4, -0.2) is 42.0 Å². The number of amides is 1. The smallest absolute Gasteiger partial charge is 0.408 e. The van der Waals surface area contributed by atoms with Crippen molar-refractivity contribution in [2.75, 3.05) is 13.2 Å². The molecule has 116 valence electrons. The maximum atomic E-state index is 11.9. The van der Waals surface area contributed by atoms with E-state index in [1.165, 1.54) is 0 Å². The van der Waals surface area contributed by atoms with Crippen LogP contribution in [0.25, 0.3) is 0 Å². The second-order valence-corrected chi connectivity index (χ2v) is 5.23. The summed E-state index contributed by atoms with van der Waals surface area (Å²) >= 11 is 0. The fraction of sp³-hybridized carbons (Fsp3) is 0.857. The van der Waals surface area contributed by atoms with Gasteiger partial charge in [0.25, 0.3) is 0 Å². The maximum absolute atomic E-state index is 11.9. The number of ether oxygens (including phenoxy) is 2. The summed E-state index contributed by atoms with van der Waals surface area (Å²) in [6.45, 7) is 4.95. The first-order valence-corrected chi connectivity index (χ1v) is 7.34. The number of carboxylic acid groups (broad SMARTS) is 1. The lowest BCUT2D eigenvalue weighted by atomic mass is 9.89. The van der Waals surface area contributed by atoms with E-state index < -0.39 is 17.6 Å². The first-order chi connectivity index (χ1) is 9.54. The van der Waals surface area contributed by atoms with Gasteiger partial charge in [0.05, 0.1) is 13.2 Å². The van der Waals surface area contributed by atoms with Crippen LogP contribution < -0.4 is 5.32 Å². The van der Waals surface area contributed by atoms with Gasteiger partial charge in [-0.15, -0.1) is 0 Å². The average Bonchev–Trinajstić information content (AvgIpc) is 2.40. The lowest BCUT2D eigenvalue weighted by Crippen LogP contribution is -2.55. The highest BCUT2D eigenvalue weighted by Crippen LogP contribution is 2.21. The Labute approximate surface area is 119 Å². The standard InChI is InChI=1S/C14H25NO5/c1-3-7-14(8-4-2,12(16)17)15-13(18)20-11-5-9-19-10-6-11/h11H,3-10H2,1-2H3,(H,15,18)(H,16,17). The van der Waals surface area contributed by atoms with E-state index in [9.17, 15) is 14.7 Å². The lowest BCUT2D eigenvalue weighted by molar-refractivity contribution is -0.145. The minimum atomic E-state index is -1.22. The highest BCUT2D eigenvalue weighted by atomic mass is 16.6. The van der Waals surface area contributed by atoms with Crippen LogP contribution in [0, 0.1) is 0 Å². The summed E-state index contributed by atoms with van der Waals surface area (Å²) in [5.41, 5.74) is -1.22. The number of aliphatic carboxylic acids is 1. The molecule has 0 aromatic heterocycles. The summed E-state index contributed by atoms with van der Waals surface area (Å²) in [6, 6.07) is 0. The molecular formula is C14H25NO5. The predicted molar refractivity (Wildman–Crippen MR) is 73.6 cm³/mol. The third-order valence-corrected chi connectivity index (χ3v) is 3.55. The molecule has 1 amide bonds. The Morgan fingerprint density at radius 1 is 1.25 bits per heavy atom. The number of hydrogen-bond acceptors (Lipinski definition) is 4. The van der Waals surface area contributed by atoms with Crippen LogP contribution in [-0.2, 0) is 14.3 Å². The van der Waals surface area contributed by atoms with E-state index in [0.29, 0.717) is 51.7 Å². The minimum Gasteiger partial charge on any atom is -0.480 e. The molecule has 1 aliphatic rings. The zero-order chi connectivity index (χ0) is 15.0. The van der Waals surface area contributed by atoms with Gasteiger partial charge in [0.15, 0.2) is 0 Å². The summed E-state index contributed by atoms with van der Waals surface area (Å²) in [7, 11) is 0. The molecule has 0 spiro atoms. The van der Waals surface area contributed by atoms with E-state index >= 15 is 0 Å². The number of hydrogen-bond donors (Lipinski definition) is 2. The highest BCUT2D eigenvalue weighted by Gasteiger charge is 2.39. The van der Waals surface area contributed by atoms with Crippen LogP contribution in [0.15, 0.2) is 0 Å². The largest absolute Gasteiger partial charge is 0.480 e. The monoisotopic (exact) mass is 287 g/mol. The average molecular weight is 287 g/mol. The van der Waals surface area contributed by atoms with E-state index in [0.717, 1.165) is 0 Å². The van der Waals surface area contributed by atoms with E-state index in [4.69, 9.17) is 9.47 Å². The molecule has 0 aliphatic carbocycles. The number of nitrogens with one attached hydrogen (secondary N) is 1. The fourth-order valence-corrected chi connectivity index (χ4v) is 2.54. The van der Waals surface area contributed by atoms with Crippen molar-refractivity contribution in [2.24, 2.45) is 0 Å². The van der Waals surface area contributed by atoms with E-state index in [-0.39, 0.29) is 6.10 Å². The molecule has 0 radical (unpaired) electrons. The Hall–Kier alpha value is -1.30. The van der Waals surface area contributed by atoms with E-state index in [1.54, 1.807) is 0 Å². The first kappa shape index (κ1) is 16.8. The SMILES string of the molecule is CCCC(CCC)(NC(=O)OC1CCOCC1)C(=O)O. The number of carbonyl (C=O) groups is 2. The van der Waals surface area contributed by atoms with Crippen molar-refractivity contribution in [1.82, 2.24) is 5.32 Å². The van der Waals surface area contributed by atoms with Gasteiger partial charge in [-0.2, -0.15) is 0 Å². The topological polar surface area (TPSA) is 84.9 Å². The van der Waals surface area contributed by atoms with Gasteiger partial charge in [-0.3, -0.25) is 0 Å². The van der Waals surface area contributed by atoms with Crippen molar-refractivity contribution < 1.29 is 24.2 Å².